The number of fused-ring (bicyclic) bond motifs is 1. The van der Waals surface area contributed by atoms with Gasteiger partial charge in [-0.15, -0.1) is 10.2 Å². The first-order valence-corrected chi connectivity index (χ1v) is 7.17. The Morgan fingerprint density at radius 2 is 1.90 bits per heavy atom. The molecular weight excluding hydrogens is 260 g/mol. The zero-order valence-electron chi connectivity index (χ0n) is 11.9. The van der Waals surface area contributed by atoms with Crippen molar-refractivity contribution in [2.45, 2.75) is 13.3 Å². The number of rotatable bonds is 2. The van der Waals surface area contributed by atoms with E-state index in [1.54, 1.807) is 0 Å². The summed E-state index contributed by atoms with van der Waals surface area (Å²) in [5.41, 5.74) is 4.80. The van der Waals surface area contributed by atoms with Crippen molar-refractivity contribution in [1.29, 1.82) is 0 Å². The molecule has 1 aromatic heterocycles. The van der Waals surface area contributed by atoms with E-state index >= 15 is 0 Å². The summed E-state index contributed by atoms with van der Waals surface area (Å²) in [4.78, 5) is 0. The third-order valence-corrected chi connectivity index (χ3v) is 3.91. The fourth-order valence-corrected chi connectivity index (χ4v) is 2.88. The van der Waals surface area contributed by atoms with Crippen LogP contribution in [0.2, 0.25) is 0 Å². The molecule has 0 amide bonds. The highest BCUT2D eigenvalue weighted by atomic mass is 15.3. The van der Waals surface area contributed by atoms with Crippen LogP contribution < -0.4 is 5.32 Å². The maximum absolute atomic E-state index is 4.38. The molecule has 0 atom stereocenters. The van der Waals surface area contributed by atoms with E-state index < -0.39 is 0 Å². The number of anilines is 1. The van der Waals surface area contributed by atoms with Gasteiger partial charge in [-0.2, -0.15) is 0 Å². The zero-order valence-corrected chi connectivity index (χ0v) is 11.9. The minimum Gasteiger partial charge on any atom is -0.384 e. The number of para-hydroxylation sites is 1. The summed E-state index contributed by atoms with van der Waals surface area (Å²) >= 11 is 0. The molecule has 1 aliphatic heterocycles. The van der Waals surface area contributed by atoms with Crippen LogP contribution in [0.3, 0.4) is 0 Å². The second kappa shape index (κ2) is 4.74. The number of hydrogen-bond acceptors (Lipinski definition) is 3. The SMILES string of the molecule is Cc1nnc(-c2ccc3c(c2)CCN3)n1-c1ccccc1. The van der Waals surface area contributed by atoms with Gasteiger partial charge in [-0.1, -0.05) is 18.2 Å². The van der Waals surface area contributed by atoms with Gasteiger partial charge in [0.2, 0.25) is 0 Å². The van der Waals surface area contributed by atoms with E-state index in [4.69, 9.17) is 0 Å². The van der Waals surface area contributed by atoms with E-state index in [9.17, 15) is 0 Å². The summed E-state index contributed by atoms with van der Waals surface area (Å²) in [7, 11) is 0. The van der Waals surface area contributed by atoms with Gasteiger partial charge >= 0.3 is 0 Å². The van der Waals surface area contributed by atoms with E-state index in [0.29, 0.717) is 0 Å². The van der Waals surface area contributed by atoms with Gasteiger partial charge in [0.25, 0.3) is 0 Å². The number of benzene rings is 2. The van der Waals surface area contributed by atoms with E-state index in [0.717, 1.165) is 35.9 Å². The summed E-state index contributed by atoms with van der Waals surface area (Å²) < 4.78 is 2.10. The van der Waals surface area contributed by atoms with Gasteiger partial charge in [0.15, 0.2) is 5.82 Å². The molecule has 2 aromatic carbocycles. The Morgan fingerprint density at radius 1 is 1.05 bits per heavy atom. The molecule has 0 aliphatic carbocycles. The first kappa shape index (κ1) is 12.1. The summed E-state index contributed by atoms with van der Waals surface area (Å²) in [6, 6.07) is 16.7. The van der Waals surface area contributed by atoms with Crippen LogP contribution in [-0.2, 0) is 6.42 Å². The highest BCUT2D eigenvalue weighted by molar-refractivity contribution is 5.67. The largest absolute Gasteiger partial charge is 0.384 e. The van der Waals surface area contributed by atoms with Crippen molar-refractivity contribution in [2.75, 3.05) is 11.9 Å². The third-order valence-electron chi connectivity index (χ3n) is 3.91. The monoisotopic (exact) mass is 276 g/mol. The number of nitrogens with zero attached hydrogens (tertiary/aromatic N) is 3. The van der Waals surface area contributed by atoms with E-state index in [-0.39, 0.29) is 0 Å². The first-order valence-electron chi connectivity index (χ1n) is 7.17. The lowest BCUT2D eigenvalue weighted by atomic mass is 10.1. The van der Waals surface area contributed by atoms with Gasteiger partial charge in [0.1, 0.15) is 5.82 Å². The molecule has 0 saturated heterocycles. The van der Waals surface area contributed by atoms with Crippen LogP contribution in [0.4, 0.5) is 5.69 Å². The summed E-state index contributed by atoms with van der Waals surface area (Å²) in [5, 5.41) is 12.0. The first-order chi connectivity index (χ1) is 10.3. The quantitative estimate of drug-likeness (QED) is 0.781. The molecule has 4 nitrogen and oxygen atoms in total. The van der Waals surface area contributed by atoms with Gasteiger partial charge in [-0.05, 0) is 49.2 Å². The highest BCUT2D eigenvalue weighted by Crippen LogP contribution is 2.29. The predicted octanol–water partition coefficient (Wildman–Crippen LogP) is 3.21. The van der Waals surface area contributed by atoms with Crippen LogP contribution in [0, 0.1) is 6.92 Å². The predicted molar refractivity (Wildman–Crippen MR) is 83.7 cm³/mol. The minimum atomic E-state index is 0.897. The normalized spacial score (nSPS) is 13.0. The molecular formula is C17H16N4. The topological polar surface area (TPSA) is 42.7 Å². The fourth-order valence-electron chi connectivity index (χ4n) is 2.88. The second-order valence-electron chi connectivity index (χ2n) is 5.29. The molecule has 0 saturated carbocycles. The van der Waals surface area contributed by atoms with Crippen LogP contribution in [0.15, 0.2) is 48.5 Å². The van der Waals surface area contributed by atoms with Crippen LogP contribution in [0.5, 0.6) is 0 Å². The lowest BCUT2D eigenvalue weighted by Gasteiger charge is -2.09. The van der Waals surface area contributed by atoms with Crippen molar-refractivity contribution in [3.8, 4) is 17.1 Å². The van der Waals surface area contributed by atoms with Crippen molar-refractivity contribution >= 4 is 5.69 Å². The Kier molecular flexibility index (Phi) is 2.74. The zero-order chi connectivity index (χ0) is 14.2. The van der Waals surface area contributed by atoms with Gasteiger partial charge < -0.3 is 5.32 Å². The minimum absolute atomic E-state index is 0.897. The van der Waals surface area contributed by atoms with Gasteiger partial charge in [0.05, 0.1) is 0 Å². The van der Waals surface area contributed by atoms with Crippen LogP contribution in [-0.4, -0.2) is 21.3 Å². The molecule has 21 heavy (non-hydrogen) atoms. The number of nitrogens with one attached hydrogen (secondary N) is 1. The second-order valence-corrected chi connectivity index (χ2v) is 5.29. The standard InChI is InChI=1S/C17H16N4/c1-12-19-20-17(21(12)15-5-3-2-4-6-15)14-7-8-16-13(11-14)9-10-18-16/h2-8,11,18H,9-10H2,1H3. The number of aromatic nitrogens is 3. The molecule has 1 aliphatic rings. The Labute approximate surface area is 123 Å². The van der Waals surface area contributed by atoms with Crippen molar-refractivity contribution in [3.05, 3.63) is 59.9 Å². The van der Waals surface area contributed by atoms with Crippen LogP contribution in [0.1, 0.15) is 11.4 Å². The van der Waals surface area contributed by atoms with Crippen LogP contribution in [0.25, 0.3) is 17.1 Å². The maximum atomic E-state index is 4.38. The van der Waals surface area contributed by atoms with E-state index in [1.807, 2.05) is 25.1 Å². The molecule has 3 aromatic rings. The fraction of sp³-hybridized carbons (Fsp3) is 0.176. The van der Waals surface area contributed by atoms with Crippen molar-refractivity contribution < 1.29 is 0 Å². The molecule has 0 fully saturated rings. The number of aryl methyl sites for hydroxylation is 1. The Hall–Kier alpha value is -2.62. The Balaban J connectivity index is 1.87. The third kappa shape index (κ3) is 2.00. The molecule has 4 heteroatoms. The molecule has 0 unspecified atom stereocenters. The average Bonchev–Trinajstić information content (AvgIpc) is 3.13. The molecule has 4 rings (SSSR count). The maximum Gasteiger partial charge on any atom is 0.168 e. The Bertz CT molecular complexity index is 790. The smallest absolute Gasteiger partial charge is 0.168 e. The summed E-state index contributed by atoms with van der Waals surface area (Å²) in [6.45, 7) is 3.00. The van der Waals surface area contributed by atoms with Gasteiger partial charge in [0, 0.05) is 23.5 Å². The van der Waals surface area contributed by atoms with Crippen molar-refractivity contribution in [1.82, 2.24) is 14.8 Å². The van der Waals surface area contributed by atoms with Crippen molar-refractivity contribution in [2.24, 2.45) is 0 Å². The van der Waals surface area contributed by atoms with Gasteiger partial charge in [-0.3, -0.25) is 4.57 Å². The average molecular weight is 276 g/mol. The van der Waals surface area contributed by atoms with E-state index in [2.05, 4.69) is 50.4 Å². The van der Waals surface area contributed by atoms with Crippen LogP contribution >= 0.6 is 0 Å². The molecule has 2 heterocycles. The Morgan fingerprint density at radius 3 is 2.76 bits per heavy atom. The van der Waals surface area contributed by atoms with E-state index in [1.165, 1.54) is 11.3 Å². The van der Waals surface area contributed by atoms with Gasteiger partial charge in [-0.25, -0.2) is 0 Å². The molecule has 0 radical (unpaired) electrons. The lowest BCUT2D eigenvalue weighted by Crippen LogP contribution is -1.99. The molecule has 0 spiro atoms. The summed E-state index contributed by atoms with van der Waals surface area (Å²) in [6.07, 6.45) is 1.07. The number of hydrogen-bond donors (Lipinski definition) is 1. The molecule has 104 valence electrons. The molecule has 0 bridgehead atoms. The summed E-state index contributed by atoms with van der Waals surface area (Å²) in [5.74, 6) is 1.79. The molecule has 1 N–H and O–H groups in total. The highest BCUT2D eigenvalue weighted by Gasteiger charge is 2.16. The lowest BCUT2D eigenvalue weighted by molar-refractivity contribution is 0.972. The van der Waals surface area contributed by atoms with Crippen molar-refractivity contribution in [3.63, 3.8) is 0 Å².